The Kier molecular flexibility index (Phi) is 7.46. The molecular weight excluding hydrogens is 410 g/mol. The highest BCUT2D eigenvalue weighted by Crippen LogP contribution is 2.57. The normalized spacial score (nSPS) is 29.2. The number of aliphatic carboxylic acids is 1. The molecule has 168 valence electrons. The van der Waals surface area contributed by atoms with Gasteiger partial charge in [-0.1, -0.05) is 67.1 Å². The molecule has 5 heteroatoms. The highest BCUT2D eigenvalue weighted by atomic mass is 35.5. The van der Waals surface area contributed by atoms with Crippen LogP contribution in [-0.4, -0.2) is 47.3 Å². The summed E-state index contributed by atoms with van der Waals surface area (Å²) in [7, 11) is 4.09. The summed E-state index contributed by atoms with van der Waals surface area (Å²) < 4.78 is 0. The molecule has 0 saturated heterocycles. The lowest BCUT2D eigenvalue weighted by atomic mass is 9.58. The Balaban J connectivity index is 0.00000272. The van der Waals surface area contributed by atoms with Crippen molar-refractivity contribution >= 4 is 18.4 Å². The van der Waals surface area contributed by atoms with Crippen LogP contribution >= 0.6 is 12.4 Å². The van der Waals surface area contributed by atoms with Crippen molar-refractivity contribution in [2.45, 2.75) is 43.1 Å². The second kappa shape index (κ2) is 9.72. The van der Waals surface area contributed by atoms with Gasteiger partial charge in [0.15, 0.2) is 0 Å². The molecule has 0 heterocycles. The largest absolute Gasteiger partial charge is 0.481 e. The number of rotatable bonds is 7. The molecule has 2 aromatic carbocycles. The predicted octanol–water partition coefficient (Wildman–Crippen LogP) is 4.79. The number of aliphatic hydroxyl groups is 1. The first-order chi connectivity index (χ1) is 14.4. The molecule has 2 aliphatic rings. The van der Waals surface area contributed by atoms with Crippen molar-refractivity contribution in [3.05, 3.63) is 71.8 Å². The third kappa shape index (κ3) is 4.67. The first-order valence-corrected chi connectivity index (χ1v) is 11.1. The standard InChI is InChI=1S/C26H33NO3.ClH/c1-27(2)17-22-21-14-13-18(15-21)16-26(22,30)24(20-11-7-4-8-12-20)23(25(28)29)19-9-5-3-6-10-19;/h3-12,18,21-24,30H,13-17H2,1-2H3,(H,28,29);1H/t18-,21-,22-,23-,24?,26-;/m1./s1. The maximum absolute atomic E-state index is 12.7. The third-order valence-electron chi connectivity index (χ3n) is 7.43. The number of halogens is 1. The van der Waals surface area contributed by atoms with Gasteiger partial charge in [-0.05, 0) is 56.3 Å². The van der Waals surface area contributed by atoms with Gasteiger partial charge >= 0.3 is 5.97 Å². The lowest BCUT2D eigenvalue weighted by Crippen LogP contribution is -2.55. The van der Waals surface area contributed by atoms with E-state index in [1.165, 1.54) is 0 Å². The third-order valence-corrected chi connectivity index (χ3v) is 7.43. The Bertz CT molecular complexity index is 859. The van der Waals surface area contributed by atoms with Crippen molar-refractivity contribution in [3.63, 3.8) is 0 Å². The Morgan fingerprint density at radius 3 is 2.16 bits per heavy atom. The zero-order valence-electron chi connectivity index (χ0n) is 18.4. The molecule has 2 N–H and O–H groups in total. The Morgan fingerprint density at radius 1 is 1.03 bits per heavy atom. The van der Waals surface area contributed by atoms with Crippen LogP contribution in [0.3, 0.4) is 0 Å². The van der Waals surface area contributed by atoms with Crippen molar-refractivity contribution in [2.75, 3.05) is 20.6 Å². The number of carboxylic acids is 1. The number of benzene rings is 2. The van der Waals surface area contributed by atoms with Gasteiger partial charge in [0.1, 0.15) is 0 Å². The van der Waals surface area contributed by atoms with Gasteiger partial charge in [0.25, 0.3) is 0 Å². The zero-order valence-corrected chi connectivity index (χ0v) is 19.2. The SMILES string of the molecule is CN(C)C[C@@H]1[C@@H]2CC[C@H](C2)C[C@]1(O)C(c1ccccc1)[C@H](C(=O)O)c1ccccc1.Cl. The molecule has 0 aliphatic heterocycles. The average Bonchev–Trinajstić information content (AvgIpc) is 3.13. The van der Waals surface area contributed by atoms with Crippen molar-refractivity contribution in [3.8, 4) is 0 Å². The minimum absolute atomic E-state index is 0. The van der Waals surface area contributed by atoms with E-state index in [1.807, 2.05) is 74.8 Å². The van der Waals surface area contributed by atoms with E-state index in [-0.39, 0.29) is 18.3 Å². The summed E-state index contributed by atoms with van der Waals surface area (Å²) in [5, 5.41) is 22.9. The van der Waals surface area contributed by atoms with Gasteiger partial charge in [0, 0.05) is 18.4 Å². The van der Waals surface area contributed by atoms with Crippen molar-refractivity contribution < 1.29 is 15.0 Å². The molecule has 0 radical (unpaired) electrons. The van der Waals surface area contributed by atoms with Crippen LogP contribution in [0, 0.1) is 17.8 Å². The van der Waals surface area contributed by atoms with Gasteiger partial charge in [-0.3, -0.25) is 4.79 Å². The number of hydrogen-bond acceptors (Lipinski definition) is 3. The summed E-state index contributed by atoms with van der Waals surface area (Å²) in [5.41, 5.74) is 0.615. The van der Waals surface area contributed by atoms with E-state index in [4.69, 9.17) is 0 Å². The van der Waals surface area contributed by atoms with Crippen LogP contribution in [0.1, 0.15) is 48.6 Å². The van der Waals surface area contributed by atoms with Crippen LogP contribution in [0.15, 0.2) is 60.7 Å². The van der Waals surface area contributed by atoms with E-state index >= 15 is 0 Å². The fraction of sp³-hybridized carbons (Fsp3) is 0.500. The minimum Gasteiger partial charge on any atom is -0.481 e. The molecule has 2 aromatic rings. The van der Waals surface area contributed by atoms with E-state index < -0.39 is 23.4 Å². The summed E-state index contributed by atoms with van der Waals surface area (Å²) in [6.07, 6.45) is 4.11. The lowest BCUT2D eigenvalue weighted by Gasteiger charge is -2.51. The van der Waals surface area contributed by atoms with Crippen molar-refractivity contribution in [1.82, 2.24) is 4.90 Å². The molecule has 6 atom stereocenters. The molecule has 4 rings (SSSR count). The first kappa shape index (κ1) is 23.8. The van der Waals surface area contributed by atoms with Gasteiger partial charge < -0.3 is 15.1 Å². The van der Waals surface area contributed by atoms with Gasteiger partial charge in [-0.15, -0.1) is 12.4 Å². The molecule has 0 amide bonds. The Hall–Kier alpha value is -1.88. The molecule has 0 aromatic heterocycles. The monoisotopic (exact) mass is 443 g/mol. The second-order valence-electron chi connectivity index (χ2n) is 9.62. The number of nitrogens with zero attached hydrogens (tertiary/aromatic N) is 1. The van der Waals surface area contributed by atoms with Crippen LogP contribution in [0.4, 0.5) is 0 Å². The van der Waals surface area contributed by atoms with Crippen LogP contribution in [-0.2, 0) is 4.79 Å². The van der Waals surface area contributed by atoms with Crippen LogP contribution in [0.2, 0.25) is 0 Å². The van der Waals surface area contributed by atoms with E-state index in [9.17, 15) is 15.0 Å². The quantitative estimate of drug-likeness (QED) is 0.645. The average molecular weight is 444 g/mol. The number of fused-ring (bicyclic) bond motifs is 2. The van der Waals surface area contributed by atoms with Crippen LogP contribution in [0.25, 0.3) is 0 Å². The van der Waals surface area contributed by atoms with E-state index in [0.29, 0.717) is 18.3 Å². The highest BCUT2D eigenvalue weighted by Gasteiger charge is 2.57. The predicted molar refractivity (Wildman–Crippen MR) is 126 cm³/mol. The molecule has 2 bridgehead atoms. The Morgan fingerprint density at radius 2 is 1.61 bits per heavy atom. The van der Waals surface area contributed by atoms with Crippen molar-refractivity contribution in [2.24, 2.45) is 17.8 Å². The minimum atomic E-state index is -1.06. The molecule has 2 aliphatic carbocycles. The summed E-state index contributed by atoms with van der Waals surface area (Å²) in [6, 6.07) is 19.3. The topological polar surface area (TPSA) is 60.8 Å². The summed E-state index contributed by atoms with van der Waals surface area (Å²) in [5.74, 6) is -1.16. The van der Waals surface area contributed by atoms with Crippen LogP contribution < -0.4 is 0 Å². The number of carbonyl (C=O) groups is 1. The van der Waals surface area contributed by atoms with Crippen LogP contribution in [0.5, 0.6) is 0 Å². The van der Waals surface area contributed by atoms with Gasteiger partial charge in [0.2, 0.25) is 0 Å². The summed E-state index contributed by atoms with van der Waals surface area (Å²) in [6.45, 7) is 0.776. The zero-order chi connectivity index (χ0) is 21.3. The first-order valence-electron chi connectivity index (χ1n) is 11.1. The molecule has 4 nitrogen and oxygen atoms in total. The molecule has 2 saturated carbocycles. The number of hydrogen-bond donors (Lipinski definition) is 2. The summed E-state index contributed by atoms with van der Waals surface area (Å²) in [4.78, 5) is 14.8. The molecule has 1 unspecified atom stereocenters. The van der Waals surface area contributed by atoms with Crippen molar-refractivity contribution in [1.29, 1.82) is 0 Å². The van der Waals surface area contributed by atoms with Gasteiger partial charge in [-0.25, -0.2) is 0 Å². The second-order valence-corrected chi connectivity index (χ2v) is 9.62. The van der Waals surface area contributed by atoms with E-state index in [2.05, 4.69) is 4.90 Å². The summed E-state index contributed by atoms with van der Waals surface area (Å²) >= 11 is 0. The number of carboxylic acid groups (broad SMARTS) is 1. The van der Waals surface area contributed by atoms with Gasteiger partial charge in [0.05, 0.1) is 11.5 Å². The fourth-order valence-electron chi connectivity index (χ4n) is 6.31. The maximum atomic E-state index is 12.7. The smallest absolute Gasteiger partial charge is 0.311 e. The Labute approximate surface area is 191 Å². The van der Waals surface area contributed by atoms with Gasteiger partial charge in [-0.2, -0.15) is 0 Å². The maximum Gasteiger partial charge on any atom is 0.311 e. The highest BCUT2D eigenvalue weighted by molar-refractivity contribution is 5.85. The molecule has 2 fully saturated rings. The fourth-order valence-corrected chi connectivity index (χ4v) is 6.31. The molecule has 31 heavy (non-hydrogen) atoms. The molecule has 0 spiro atoms. The van der Waals surface area contributed by atoms with E-state index in [0.717, 1.165) is 36.9 Å². The molecular formula is C26H34ClNO3. The lowest BCUT2D eigenvalue weighted by molar-refractivity contribution is -0.147. The van der Waals surface area contributed by atoms with E-state index in [1.54, 1.807) is 0 Å².